The first-order valence-electron chi connectivity index (χ1n) is 13.5. The van der Waals surface area contributed by atoms with Gasteiger partial charge in [-0.25, -0.2) is 4.79 Å². The molecule has 7 nitrogen and oxygen atoms in total. The number of carboxylic acids is 1. The number of nitrogens with zero attached hydrogens (tertiary/aromatic N) is 1. The van der Waals surface area contributed by atoms with Crippen LogP contribution in [0.5, 0.6) is 0 Å². The molecule has 0 bridgehead atoms. The Hall–Kier alpha value is -2.38. The normalized spacial score (nSPS) is 15.1. The Morgan fingerprint density at radius 2 is 1.55 bits per heavy atom. The summed E-state index contributed by atoms with van der Waals surface area (Å²) in [5, 5.41) is 16.5. The molecule has 0 spiro atoms. The van der Waals surface area contributed by atoms with E-state index in [2.05, 4.69) is 24.5 Å². The van der Waals surface area contributed by atoms with Crippen LogP contribution in [-0.4, -0.2) is 59.5 Å². The Labute approximate surface area is 234 Å². The number of carbonyl (C=O) groups is 3. The van der Waals surface area contributed by atoms with Crippen LogP contribution in [0.4, 0.5) is 0 Å². The number of carboxylic acid groups (broad SMARTS) is 1. The van der Waals surface area contributed by atoms with Gasteiger partial charge in [0, 0.05) is 23.1 Å². The fourth-order valence-electron chi connectivity index (χ4n) is 5.06. The summed E-state index contributed by atoms with van der Waals surface area (Å²) in [4.78, 5) is 41.0. The molecule has 0 saturated heterocycles. The van der Waals surface area contributed by atoms with Crippen molar-refractivity contribution in [2.45, 2.75) is 98.7 Å². The number of aliphatic carboxylic acids is 1. The van der Waals surface area contributed by atoms with Gasteiger partial charge >= 0.3 is 5.97 Å². The maximum absolute atomic E-state index is 14.0. The van der Waals surface area contributed by atoms with Gasteiger partial charge in [-0.15, -0.1) is 0 Å². The largest absolute Gasteiger partial charge is 0.478 e. The van der Waals surface area contributed by atoms with Gasteiger partial charge in [-0.1, -0.05) is 85.2 Å². The van der Waals surface area contributed by atoms with Crippen molar-refractivity contribution in [2.75, 3.05) is 13.6 Å². The second-order valence-corrected chi connectivity index (χ2v) is 11.9. The number of carbonyl (C=O) groups excluding carboxylic acids is 2. The van der Waals surface area contributed by atoms with E-state index >= 15 is 0 Å². The van der Waals surface area contributed by atoms with Crippen molar-refractivity contribution in [1.82, 2.24) is 15.5 Å². The summed E-state index contributed by atoms with van der Waals surface area (Å²) in [5.41, 5.74) is 0.0826. The lowest BCUT2D eigenvalue weighted by Crippen LogP contribution is -2.63. The van der Waals surface area contributed by atoms with Crippen molar-refractivity contribution in [2.24, 2.45) is 11.3 Å². The summed E-state index contributed by atoms with van der Waals surface area (Å²) >= 11 is 6.16. The standard InChI is InChI=1S/C30H48ClN3O4/c1-11-30(12-2,21-14-16-22(31)17-15-21)24(32-13-3)26(35)33-25(29(7,8)9)27(36)34(10)23(19(4)5)18-20(6)28(37)38/h14-19,23-25,32H,11-13H2,1-10H3,(H,33,35)(H,37,38)/b20-18+/t23-,24-,25-/m1/s1. The average Bonchev–Trinajstić information content (AvgIpc) is 2.84. The van der Waals surface area contributed by atoms with E-state index in [4.69, 9.17) is 11.6 Å². The molecular formula is C30H48ClN3O4. The lowest BCUT2D eigenvalue weighted by molar-refractivity contribution is -0.141. The predicted octanol–water partition coefficient (Wildman–Crippen LogP) is 5.42. The number of hydrogen-bond acceptors (Lipinski definition) is 4. The molecule has 0 heterocycles. The monoisotopic (exact) mass is 549 g/mol. The first kappa shape index (κ1) is 33.6. The van der Waals surface area contributed by atoms with Gasteiger partial charge in [-0.3, -0.25) is 9.59 Å². The average molecular weight is 550 g/mol. The summed E-state index contributed by atoms with van der Waals surface area (Å²) in [7, 11) is 1.67. The third-order valence-corrected chi connectivity index (χ3v) is 7.79. The molecule has 0 aliphatic carbocycles. The summed E-state index contributed by atoms with van der Waals surface area (Å²) in [6.07, 6.45) is 3.02. The molecule has 3 atom stereocenters. The Kier molecular flexibility index (Phi) is 12.5. The van der Waals surface area contributed by atoms with E-state index in [0.717, 1.165) is 5.56 Å². The van der Waals surface area contributed by atoms with Crippen LogP contribution in [0.1, 0.15) is 80.7 Å². The van der Waals surface area contributed by atoms with Gasteiger partial charge in [0.05, 0.1) is 12.1 Å². The highest BCUT2D eigenvalue weighted by Gasteiger charge is 2.44. The highest BCUT2D eigenvalue weighted by Crippen LogP contribution is 2.36. The van der Waals surface area contributed by atoms with Crippen LogP contribution in [0.2, 0.25) is 5.02 Å². The van der Waals surface area contributed by atoms with E-state index in [1.54, 1.807) is 18.0 Å². The summed E-state index contributed by atoms with van der Waals surface area (Å²) in [6.45, 7) is 17.8. The van der Waals surface area contributed by atoms with Crippen LogP contribution in [-0.2, 0) is 19.8 Å². The molecule has 38 heavy (non-hydrogen) atoms. The van der Waals surface area contributed by atoms with E-state index in [-0.39, 0.29) is 23.3 Å². The number of nitrogens with one attached hydrogen (secondary N) is 2. The molecule has 8 heteroatoms. The number of likely N-dealkylation sites (N-methyl/N-ethyl adjacent to an activating group) is 2. The molecule has 0 fully saturated rings. The summed E-state index contributed by atoms with van der Waals surface area (Å²) < 4.78 is 0. The number of halogens is 1. The summed E-state index contributed by atoms with van der Waals surface area (Å²) in [6, 6.07) is 5.78. The van der Waals surface area contributed by atoms with E-state index in [1.165, 1.54) is 6.92 Å². The summed E-state index contributed by atoms with van der Waals surface area (Å²) in [5.74, 6) is -1.56. The van der Waals surface area contributed by atoms with Crippen LogP contribution in [0.15, 0.2) is 35.9 Å². The Balaban J connectivity index is 3.49. The fraction of sp³-hybridized carbons (Fsp3) is 0.633. The number of hydrogen-bond donors (Lipinski definition) is 3. The Morgan fingerprint density at radius 1 is 1.03 bits per heavy atom. The van der Waals surface area contributed by atoms with E-state index < -0.39 is 34.9 Å². The van der Waals surface area contributed by atoms with Gasteiger partial charge in [0.2, 0.25) is 11.8 Å². The lowest BCUT2D eigenvalue weighted by Gasteiger charge is -2.42. The first-order valence-corrected chi connectivity index (χ1v) is 13.9. The highest BCUT2D eigenvalue weighted by atomic mass is 35.5. The van der Waals surface area contributed by atoms with E-state index in [9.17, 15) is 19.5 Å². The molecule has 0 radical (unpaired) electrons. The first-order chi connectivity index (χ1) is 17.6. The molecule has 214 valence electrons. The van der Waals surface area contributed by atoms with Gasteiger partial charge < -0.3 is 20.6 Å². The van der Waals surface area contributed by atoms with E-state index in [0.29, 0.717) is 24.4 Å². The third kappa shape index (κ3) is 8.06. The minimum atomic E-state index is -1.02. The fourth-order valence-corrected chi connectivity index (χ4v) is 5.19. The van der Waals surface area contributed by atoms with Crippen LogP contribution in [0, 0.1) is 11.3 Å². The predicted molar refractivity (Wildman–Crippen MR) is 155 cm³/mol. The number of benzene rings is 1. The molecule has 0 aromatic heterocycles. The molecule has 1 aromatic rings. The van der Waals surface area contributed by atoms with Crippen molar-refractivity contribution in [3.05, 3.63) is 46.5 Å². The van der Waals surface area contributed by atoms with Gasteiger partial charge in [-0.05, 0) is 55.3 Å². The molecule has 1 aromatic carbocycles. The second-order valence-electron chi connectivity index (χ2n) is 11.5. The quantitative estimate of drug-likeness (QED) is 0.285. The van der Waals surface area contributed by atoms with Crippen LogP contribution in [0.3, 0.4) is 0 Å². The highest BCUT2D eigenvalue weighted by molar-refractivity contribution is 6.30. The number of amides is 2. The van der Waals surface area contributed by atoms with Gasteiger partial charge in [0.15, 0.2) is 0 Å². The zero-order valence-electron chi connectivity index (χ0n) is 24.8. The lowest BCUT2D eigenvalue weighted by atomic mass is 9.69. The Morgan fingerprint density at radius 3 is 1.95 bits per heavy atom. The van der Waals surface area contributed by atoms with Crippen molar-refractivity contribution in [3.63, 3.8) is 0 Å². The molecule has 1 rings (SSSR count). The van der Waals surface area contributed by atoms with Crippen molar-refractivity contribution < 1.29 is 19.5 Å². The smallest absolute Gasteiger partial charge is 0.331 e. The zero-order valence-corrected chi connectivity index (χ0v) is 25.6. The Bertz CT molecular complexity index is 978. The minimum absolute atomic E-state index is 0.0261. The van der Waals surface area contributed by atoms with Crippen LogP contribution in [0.25, 0.3) is 0 Å². The molecule has 0 aliphatic rings. The van der Waals surface area contributed by atoms with Gasteiger partial charge in [-0.2, -0.15) is 0 Å². The zero-order chi connectivity index (χ0) is 29.4. The SMILES string of the molecule is CCN[C@H](C(=O)N[C@H](C(=O)N(C)[C@H](/C=C(\C)C(=O)O)C(C)C)C(C)(C)C)C(CC)(CC)c1ccc(Cl)cc1. The third-order valence-electron chi connectivity index (χ3n) is 7.54. The van der Waals surface area contributed by atoms with Crippen molar-refractivity contribution in [1.29, 1.82) is 0 Å². The molecule has 3 N–H and O–H groups in total. The van der Waals surface area contributed by atoms with Gasteiger partial charge in [0.25, 0.3) is 0 Å². The molecule has 2 amide bonds. The maximum Gasteiger partial charge on any atom is 0.331 e. The van der Waals surface area contributed by atoms with E-state index in [1.807, 2.05) is 65.8 Å². The maximum atomic E-state index is 14.0. The van der Waals surface area contributed by atoms with Gasteiger partial charge in [0.1, 0.15) is 6.04 Å². The van der Waals surface area contributed by atoms with Crippen molar-refractivity contribution >= 4 is 29.4 Å². The van der Waals surface area contributed by atoms with Crippen LogP contribution < -0.4 is 10.6 Å². The topological polar surface area (TPSA) is 98.7 Å². The van der Waals surface area contributed by atoms with Crippen LogP contribution >= 0.6 is 11.6 Å². The molecule has 0 aliphatic heterocycles. The molecular weight excluding hydrogens is 502 g/mol. The molecule has 0 saturated carbocycles. The minimum Gasteiger partial charge on any atom is -0.478 e. The second kappa shape index (κ2) is 14.1. The number of rotatable bonds is 13. The van der Waals surface area contributed by atoms with Crippen molar-refractivity contribution in [3.8, 4) is 0 Å². The molecule has 0 unspecified atom stereocenters.